The molecule has 0 aliphatic carbocycles. The van der Waals surface area contributed by atoms with Crippen molar-refractivity contribution >= 4 is 41.5 Å². The lowest BCUT2D eigenvalue weighted by atomic mass is 10.2. The second kappa shape index (κ2) is 14.4. The van der Waals surface area contributed by atoms with Gasteiger partial charge in [0, 0.05) is 39.4 Å². The highest BCUT2D eigenvalue weighted by molar-refractivity contribution is 14.0. The maximum Gasteiger partial charge on any atom is 0.265 e. The molecule has 0 unspecified atom stereocenters. The number of amides is 1. The molecule has 29 heavy (non-hydrogen) atoms. The van der Waals surface area contributed by atoms with Gasteiger partial charge in [-0.15, -0.1) is 24.0 Å². The number of rotatable bonds is 11. The number of anilines is 1. The van der Waals surface area contributed by atoms with Gasteiger partial charge in [0.25, 0.3) is 5.91 Å². The number of hydrogen-bond donors (Lipinski definition) is 2. The minimum Gasteiger partial charge on any atom is -0.482 e. The first-order chi connectivity index (χ1) is 13.6. The molecule has 0 atom stereocenters. The van der Waals surface area contributed by atoms with E-state index in [4.69, 9.17) is 9.47 Å². The number of fused-ring (bicyclic) bond motifs is 1. The molecule has 2 N–H and O–H groups in total. The molecular weight excluding hydrogens is 483 g/mol. The molecule has 0 aromatic heterocycles. The number of carbonyl (C=O) groups excluding carboxylic acids is 1. The Morgan fingerprint density at radius 2 is 2.07 bits per heavy atom. The van der Waals surface area contributed by atoms with E-state index in [1.165, 1.54) is 0 Å². The molecule has 0 bridgehead atoms. The third-order valence-corrected chi connectivity index (χ3v) is 4.17. The average Bonchev–Trinajstić information content (AvgIpc) is 2.68. The Labute approximate surface area is 191 Å². The molecule has 1 heterocycles. The van der Waals surface area contributed by atoms with Crippen molar-refractivity contribution in [2.75, 3.05) is 50.9 Å². The van der Waals surface area contributed by atoms with Crippen LogP contribution < -0.4 is 20.3 Å². The van der Waals surface area contributed by atoms with E-state index in [-0.39, 0.29) is 36.5 Å². The number of nitrogens with zero attached hydrogens (tertiary/aromatic N) is 2. The summed E-state index contributed by atoms with van der Waals surface area (Å²) in [6, 6.07) is 7.65. The number of ether oxygens (including phenoxy) is 2. The fraction of sp³-hybridized carbons (Fsp3) is 0.619. The molecule has 0 radical (unpaired) electrons. The number of benzene rings is 1. The molecule has 0 spiro atoms. The summed E-state index contributed by atoms with van der Waals surface area (Å²) < 4.78 is 11.1. The number of carbonyl (C=O) groups is 1. The van der Waals surface area contributed by atoms with Crippen molar-refractivity contribution in [3.8, 4) is 5.75 Å². The van der Waals surface area contributed by atoms with Gasteiger partial charge in [-0.05, 0) is 37.8 Å². The Bertz CT molecular complexity index is 640. The summed E-state index contributed by atoms with van der Waals surface area (Å²) in [5.74, 6) is 2.13. The van der Waals surface area contributed by atoms with Gasteiger partial charge in [-0.2, -0.15) is 0 Å². The van der Waals surface area contributed by atoms with Crippen LogP contribution in [0.2, 0.25) is 0 Å². The van der Waals surface area contributed by atoms with Gasteiger partial charge >= 0.3 is 0 Å². The van der Waals surface area contributed by atoms with Crippen LogP contribution in [0.15, 0.2) is 29.3 Å². The molecule has 2 rings (SSSR count). The van der Waals surface area contributed by atoms with Gasteiger partial charge in [-0.1, -0.05) is 26.0 Å². The highest BCUT2D eigenvalue weighted by Gasteiger charge is 2.24. The molecule has 0 saturated carbocycles. The first-order valence-electron chi connectivity index (χ1n) is 10.2. The lowest BCUT2D eigenvalue weighted by Crippen LogP contribution is -2.40. The monoisotopic (exact) mass is 518 g/mol. The van der Waals surface area contributed by atoms with Crippen LogP contribution in [0.3, 0.4) is 0 Å². The highest BCUT2D eigenvalue weighted by atomic mass is 127. The summed E-state index contributed by atoms with van der Waals surface area (Å²) in [6.45, 7) is 10.9. The Hall–Kier alpha value is -1.55. The quantitative estimate of drug-likeness (QED) is 0.204. The van der Waals surface area contributed by atoms with Gasteiger partial charge < -0.3 is 25.0 Å². The number of hydrogen-bond acceptors (Lipinski definition) is 4. The molecule has 0 saturated heterocycles. The molecule has 1 aliphatic rings. The topological polar surface area (TPSA) is 75.2 Å². The lowest BCUT2D eigenvalue weighted by molar-refractivity contribution is -0.121. The summed E-state index contributed by atoms with van der Waals surface area (Å²) in [6.07, 6.45) is 1.73. The van der Waals surface area contributed by atoms with E-state index in [2.05, 4.69) is 29.5 Å². The number of para-hydroxylation sites is 2. The normalized spacial score (nSPS) is 13.6. The Kier molecular flexibility index (Phi) is 12.7. The number of guanidine groups is 1. The Balaban J connectivity index is 0.00000420. The summed E-state index contributed by atoms with van der Waals surface area (Å²) in [7, 11) is 0. The fourth-order valence-electron chi connectivity index (χ4n) is 2.86. The molecule has 8 heteroatoms. The second-order valence-electron chi connectivity index (χ2n) is 7.17. The summed E-state index contributed by atoms with van der Waals surface area (Å²) >= 11 is 0. The van der Waals surface area contributed by atoms with Gasteiger partial charge in [0.2, 0.25) is 0 Å². The van der Waals surface area contributed by atoms with E-state index in [1.807, 2.05) is 31.2 Å². The maximum absolute atomic E-state index is 12.2. The van der Waals surface area contributed by atoms with Crippen LogP contribution in [-0.4, -0.2) is 57.9 Å². The van der Waals surface area contributed by atoms with Crippen LogP contribution in [0.1, 0.15) is 33.6 Å². The smallest absolute Gasteiger partial charge is 0.265 e. The largest absolute Gasteiger partial charge is 0.482 e. The zero-order valence-corrected chi connectivity index (χ0v) is 20.1. The van der Waals surface area contributed by atoms with Crippen LogP contribution in [-0.2, 0) is 9.53 Å². The number of nitrogens with one attached hydrogen (secondary N) is 2. The van der Waals surface area contributed by atoms with Crippen molar-refractivity contribution in [2.24, 2.45) is 10.9 Å². The molecule has 7 nitrogen and oxygen atoms in total. The molecule has 1 aromatic rings. The second-order valence-corrected chi connectivity index (χ2v) is 7.17. The third kappa shape index (κ3) is 9.20. The van der Waals surface area contributed by atoms with E-state index in [0.29, 0.717) is 19.0 Å². The van der Waals surface area contributed by atoms with Crippen molar-refractivity contribution in [2.45, 2.75) is 33.6 Å². The maximum atomic E-state index is 12.2. The van der Waals surface area contributed by atoms with E-state index >= 15 is 0 Å². The first-order valence-corrected chi connectivity index (χ1v) is 10.2. The predicted octanol–water partition coefficient (Wildman–Crippen LogP) is 3.04. The molecule has 1 aliphatic heterocycles. The van der Waals surface area contributed by atoms with Crippen LogP contribution in [0.25, 0.3) is 0 Å². The number of halogens is 1. The van der Waals surface area contributed by atoms with Crippen LogP contribution in [0.5, 0.6) is 5.75 Å². The first kappa shape index (κ1) is 25.5. The molecule has 0 fully saturated rings. The molecule has 164 valence electrons. The van der Waals surface area contributed by atoms with Crippen LogP contribution in [0, 0.1) is 5.92 Å². The minimum absolute atomic E-state index is 0. The SMILES string of the molecule is CCNC(=NCCCN1C(=O)COc2ccccc21)NCCCOCC(C)C.I. The van der Waals surface area contributed by atoms with Gasteiger partial charge in [-0.25, -0.2) is 0 Å². The molecule has 1 aromatic carbocycles. The minimum atomic E-state index is -0.00545. The van der Waals surface area contributed by atoms with Crippen molar-refractivity contribution in [1.29, 1.82) is 0 Å². The standard InChI is InChI=1S/C21H34N4O3.HI/c1-4-22-21(24-12-8-14-27-15-17(2)3)23-11-7-13-25-18-9-5-6-10-19(18)28-16-20(25)26;/h5-6,9-10,17H,4,7-8,11-16H2,1-3H3,(H2,22,23,24);1H. The van der Waals surface area contributed by atoms with Gasteiger partial charge in [0.1, 0.15) is 5.75 Å². The van der Waals surface area contributed by atoms with Crippen LogP contribution >= 0.6 is 24.0 Å². The van der Waals surface area contributed by atoms with Gasteiger partial charge in [-0.3, -0.25) is 9.79 Å². The fourth-order valence-corrected chi connectivity index (χ4v) is 2.86. The van der Waals surface area contributed by atoms with E-state index < -0.39 is 0 Å². The summed E-state index contributed by atoms with van der Waals surface area (Å²) in [5.41, 5.74) is 0.842. The third-order valence-electron chi connectivity index (χ3n) is 4.17. The van der Waals surface area contributed by atoms with Crippen molar-refractivity contribution in [3.05, 3.63) is 24.3 Å². The average molecular weight is 518 g/mol. The Morgan fingerprint density at radius 1 is 1.28 bits per heavy atom. The van der Waals surface area contributed by atoms with Crippen molar-refractivity contribution in [3.63, 3.8) is 0 Å². The van der Waals surface area contributed by atoms with E-state index in [1.54, 1.807) is 4.90 Å². The van der Waals surface area contributed by atoms with E-state index in [0.717, 1.165) is 56.5 Å². The zero-order valence-electron chi connectivity index (χ0n) is 17.8. The number of aliphatic imine (C=N–C) groups is 1. The summed E-state index contributed by atoms with van der Waals surface area (Å²) in [5, 5.41) is 6.58. The van der Waals surface area contributed by atoms with Crippen molar-refractivity contribution < 1.29 is 14.3 Å². The highest BCUT2D eigenvalue weighted by Crippen LogP contribution is 2.31. The van der Waals surface area contributed by atoms with Crippen LogP contribution in [0.4, 0.5) is 5.69 Å². The lowest BCUT2D eigenvalue weighted by Gasteiger charge is -2.29. The zero-order chi connectivity index (χ0) is 20.2. The van der Waals surface area contributed by atoms with Gasteiger partial charge in [0.05, 0.1) is 5.69 Å². The molecule has 1 amide bonds. The Morgan fingerprint density at radius 3 is 2.83 bits per heavy atom. The summed E-state index contributed by atoms with van der Waals surface area (Å²) in [4.78, 5) is 18.6. The van der Waals surface area contributed by atoms with Crippen molar-refractivity contribution in [1.82, 2.24) is 10.6 Å². The van der Waals surface area contributed by atoms with Gasteiger partial charge in [0.15, 0.2) is 12.6 Å². The predicted molar refractivity (Wildman–Crippen MR) is 129 cm³/mol. The molecular formula is C21H35IN4O3. The van der Waals surface area contributed by atoms with E-state index in [9.17, 15) is 4.79 Å².